The van der Waals surface area contributed by atoms with E-state index in [9.17, 15) is 18.4 Å². The van der Waals surface area contributed by atoms with Crippen molar-refractivity contribution in [2.75, 3.05) is 33.4 Å². The Labute approximate surface area is 230 Å². The van der Waals surface area contributed by atoms with Crippen molar-refractivity contribution in [3.63, 3.8) is 0 Å². The van der Waals surface area contributed by atoms with Crippen LogP contribution in [0.15, 0.2) is 46.7 Å². The number of benzene rings is 1. The molecule has 0 unspecified atom stereocenters. The second kappa shape index (κ2) is 12.9. The number of carbonyl (C=O) groups is 2. The van der Waals surface area contributed by atoms with Gasteiger partial charge in [0.05, 0.1) is 6.54 Å². The van der Waals surface area contributed by atoms with Crippen LogP contribution in [0.3, 0.4) is 0 Å². The molecule has 214 valence electrons. The molecule has 4 N–H and O–H groups in total. The highest BCUT2D eigenvalue weighted by atomic mass is 19.3. The van der Waals surface area contributed by atoms with Gasteiger partial charge in [-0.3, -0.25) is 14.6 Å². The Morgan fingerprint density at radius 3 is 2.62 bits per heavy atom. The molecule has 2 aliphatic heterocycles. The van der Waals surface area contributed by atoms with Crippen molar-refractivity contribution in [2.24, 2.45) is 10.7 Å². The average Bonchev–Trinajstić information content (AvgIpc) is 2.97. The molecule has 4 rings (SSSR count). The zero-order valence-electron chi connectivity index (χ0n) is 22.5. The smallest absolute Gasteiger partial charge is 0.269 e. The van der Waals surface area contributed by atoms with Crippen molar-refractivity contribution in [2.45, 2.75) is 45.1 Å². The van der Waals surface area contributed by atoms with Gasteiger partial charge in [0, 0.05) is 74.3 Å². The van der Waals surface area contributed by atoms with Gasteiger partial charge in [-0.1, -0.05) is 13.0 Å². The fourth-order valence-corrected chi connectivity index (χ4v) is 4.79. The summed E-state index contributed by atoms with van der Waals surface area (Å²) >= 11 is 0. The molecule has 3 heterocycles. The molecule has 2 aliphatic rings. The normalized spacial score (nSPS) is 16.9. The van der Waals surface area contributed by atoms with Crippen molar-refractivity contribution in [1.29, 1.82) is 0 Å². The zero-order chi connectivity index (χ0) is 28.8. The molecule has 1 aromatic heterocycles. The van der Waals surface area contributed by atoms with Crippen LogP contribution < -0.4 is 16.4 Å². The minimum Gasteiger partial charge on any atom is -0.385 e. The lowest BCUT2D eigenvalue weighted by molar-refractivity contribution is -0.130. The van der Waals surface area contributed by atoms with E-state index in [2.05, 4.69) is 20.6 Å². The number of alkyl halides is 2. The van der Waals surface area contributed by atoms with Gasteiger partial charge in [-0.05, 0) is 36.6 Å². The van der Waals surface area contributed by atoms with Crippen LogP contribution in [0, 0.1) is 5.82 Å². The number of hydrogen-bond donors (Lipinski definition) is 3. The Hall–Kier alpha value is -3.93. The van der Waals surface area contributed by atoms with E-state index in [1.54, 1.807) is 11.8 Å². The molecule has 0 saturated carbocycles. The van der Waals surface area contributed by atoms with Crippen molar-refractivity contribution in [3.05, 3.63) is 58.8 Å². The number of amidine groups is 1. The maximum atomic E-state index is 15.3. The Morgan fingerprint density at radius 2 is 2.00 bits per heavy atom. The lowest BCUT2D eigenvalue weighted by Crippen LogP contribution is -2.44. The number of aliphatic imine (C=N–C) groups is 1. The number of ether oxygens (including phenoxy) is 1. The van der Waals surface area contributed by atoms with Gasteiger partial charge in [0.15, 0.2) is 0 Å². The molecular weight excluding hydrogens is 525 g/mol. The first-order valence-corrected chi connectivity index (χ1v) is 13.2. The number of carbonyl (C=O) groups excluding carboxylic acids is 2. The molecule has 1 aromatic carbocycles. The summed E-state index contributed by atoms with van der Waals surface area (Å²) in [7, 11) is 1.44. The Balaban J connectivity index is 1.70. The lowest BCUT2D eigenvalue weighted by Gasteiger charge is -2.34. The third-order valence-electron chi connectivity index (χ3n) is 7.04. The second-order valence-electron chi connectivity index (χ2n) is 9.61. The van der Waals surface area contributed by atoms with Crippen molar-refractivity contribution in [3.8, 4) is 11.1 Å². The topological polar surface area (TPSA) is 122 Å². The first-order chi connectivity index (χ1) is 19.2. The number of halogens is 3. The summed E-state index contributed by atoms with van der Waals surface area (Å²) in [5.41, 5.74) is 7.16. The van der Waals surface area contributed by atoms with Crippen LogP contribution in [-0.4, -0.2) is 66.9 Å². The van der Waals surface area contributed by atoms with Gasteiger partial charge in [0.1, 0.15) is 23.0 Å². The van der Waals surface area contributed by atoms with E-state index in [0.29, 0.717) is 38.2 Å². The van der Waals surface area contributed by atoms with Gasteiger partial charge >= 0.3 is 0 Å². The van der Waals surface area contributed by atoms with Crippen LogP contribution in [0.5, 0.6) is 0 Å². The molecule has 12 heteroatoms. The maximum absolute atomic E-state index is 15.3. The van der Waals surface area contributed by atoms with Gasteiger partial charge in [0.2, 0.25) is 5.91 Å². The van der Waals surface area contributed by atoms with Crippen molar-refractivity contribution < 1.29 is 27.5 Å². The summed E-state index contributed by atoms with van der Waals surface area (Å²) < 4.78 is 49.0. The number of hydrogen-bond acceptors (Lipinski definition) is 6. The summed E-state index contributed by atoms with van der Waals surface area (Å²) in [6.07, 6.45) is 0.734. The maximum Gasteiger partial charge on any atom is 0.269 e. The third-order valence-corrected chi connectivity index (χ3v) is 7.04. The first kappa shape index (κ1) is 29.1. The number of amides is 2. The van der Waals surface area contributed by atoms with E-state index in [4.69, 9.17) is 10.5 Å². The SMILES string of the molecule is CCC(=O)N1CCC(NC2CCOCC2)=C(C(N)=Nc2cc(C(F)F)c(-c3ccc(C(=O)NC)nc3)cc2F)C1. The highest BCUT2D eigenvalue weighted by Crippen LogP contribution is 2.36. The van der Waals surface area contributed by atoms with Gasteiger partial charge in [-0.2, -0.15) is 0 Å². The van der Waals surface area contributed by atoms with E-state index >= 15 is 4.39 Å². The van der Waals surface area contributed by atoms with E-state index < -0.39 is 23.7 Å². The van der Waals surface area contributed by atoms with Gasteiger partial charge in [-0.25, -0.2) is 18.2 Å². The van der Waals surface area contributed by atoms with Crippen LogP contribution in [0.2, 0.25) is 0 Å². The average molecular weight is 559 g/mol. The predicted octanol–water partition coefficient (Wildman–Crippen LogP) is 3.84. The van der Waals surface area contributed by atoms with Crippen molar-refractivity contribution in [1.82, 2.24) is 20.5 Å². The molecular formula is C28H33F3N6O3. The molecule has 0 bridgehead atoms. The molecule has 1 saturated heterocycles. The molecule has 2 aromatic rings. The van der Waals surface area contributed by atoms with Gasteiger partial charge in [-0.15, -0.1) is 0 Å². The zero-order valence-corrected chi connectivity index (χ0v) is 22.5. The van der Waals surface area contributed by atoms with E-state index in [1.807, 2.05) is 0 Å². The second-order valence-corrected chi connectivity index (χ2v) is 9.61. The number of rotatable bonds is 8. The van der Waals surface area contributed by atoms with Crippen molar-refractivity contribution >= 4 is 23.3 Å². The number of nitrogens with zero attached hydrogens (tertiary/aromatic N) is 3. The summed E-state index contributed by atoms with van der Waals surface area (Å²) in [5, 5.41) is 5.92. The lowest BCUT2D eigenvalue weighted by atomic mass is 9.99. The molecule has 2 amide bonds. The first-order valence-electron chi connectivity index (χ1n) is 13.2. The molecule has 0 aliphatic carbocycles. The molecule has 0 radical (unpaired) electrons. The standard InChI is InChI=1S/C28H33F3N6O3/c1-3-25(38)37-9-6-22(35-17-7-10-40-11-8-17)20(15-37)27(32)36-24-13-19(26(30)31)18(12-21(24)29)16-4-5-23(34-14-16)28(39)33-2/h4-5,12-14,17,26,35H,3,6-11,15H2,1-2H3,(H2,32,36)(H,33,39). The van der Waals surface area contributed by atoms with E-state index in [-0.39, 0.29) is 46.8 Å². The molecule has 0 spiro atoms. The fourth-order valence-electron chi connectivity index (χ4n) is 4.79. The third kappa shape index (κ3) is 6.61. The minimum absolute atomic E-state index is 0.0494. The summed E-state index contributed by atoms with van der Waals surface area (Å²) in [5.74, 6) is -1.39. The Morgan fingerprint density at radius 1 is 1.25 bits per heavy atom. The Kier molecular flexibility index (Phi) is 9.41. The van der Waals surface area contributed by atoms with Crippen LogP contribution in [0.1, 0.15) is 55.1 Å². The molecule has 0 atom stereocenters. The quantitative estimate of drug-likeness (QED) is 0.334. The number of nitrogens with two attached hydrogens (primary N) is 1. The monoisotopic (exact) mass is 558 g/mol. The number of nitrogens with one attached hydrogen (secondary N) is 2. The summed E-state index contributed by atoms with van der Waals surface area (Å²) in [6, 6.07) is 4.89. The van der Waals surface area contributed by atoms with Gasteiger partial charge in [0.25, 0.3) is 12.3 Å². The predicted molar refractivity (Wildman–Crippen MR) is 145 cm³/mol. The fraction of sp³-hybridized carbons (Fsp3) is 0.429. The Bertz CT molecular complexity index is 1310. The number of pyridine rings is 1. The highest BCUT2D eigenvalue weighted by molar-refractivity contribution is 6.00. The molecule has 40 heavy (non-hydrogen) atoms. The summed E-state index contributed by atoms with van der Waals surface area (Å²) in [4.78, 5) is 34.1. The van der Waals surface area contributed by atoms with Crippen LogP contribution in [-0.2, 0) is 9.53 Å². The number of aromatic nitrogens is 1. The van der Waals surface area contributed by atoms with E-state index in [0.717, 1.165) is 30.7 Å². The van der Waals surface area contributed by atoms with Crippen LogP contribution in [0.4, 0.5) is 18.9 Å². The highest BCUT2D eigenvalue weighted by Gasteiger charge is 2.27. The largest absolute Gasteiger partial charge is 0.385 e. The van der Waals surface area contributed by atoms with E-state index in [1.165, 1.54) is 25.4 Å². The molecule has 9 nitrogen and oxygen atoms in total. The minimum atomic E-state index is -2.94. The summed E-state index contributed by atoms with van der Waals surface area (Å²) in [6.45, 7) is 3.70. The van der Waals surface area contributed by atoms with Gasteiger partial charge < -0.3 is 26.0 Å². The van der Waals surface area contributed by atoms with Crippen LogP contribution in [0.25, 0.3) is 11.1 Å². The molecule has 1 fully saturated rings. The van der Waals surface area contributed by atoms with Crippen LogP contribution >= 0.6 is 0 Å².